The number of hydrogen-bond donors (Lipinski definition) is 1. The minimum absolute atomic E-state index is 0.0304. The lowest BCUT2D eigenvalue weighted by molar-refractivity contribution is -0.0930. The van der Waals surface area contributed by atoms with Gasteiger partial charge >= 0.3 is 0 Å². The van der Waals surface area contributed by atoms with E-state index in [0.29, 0.717) is 6.54 Å². The number of alkyl halides is 2. The van der Waals surface area contributed by atoms with Gasteiger partial charge in [0.2, 0.25) is 0 Å². The Morgan fingerprint density at radius 2 is 2.36 bits per heavy atom. The molecule has 1 saturated carbocycles. The molecule has 0 bridgehead atoms. The first-order chi connectivity index (χ1) is 6.55. The van der Waals surface area contributed by atoms with E-state index in [2.05, 4.69) is 10.3 Å². The van der Waals surface area contributed by atoms with Gasteiger partial charge in [-0.2, -0.15) is 0 Å². The minimum Gasteiger partial charge on any atom is -0.307 e. The number of aryl methyl sites for hydroxylation is 1. The second-order valence-electron chi connectivity index (χ2n) is 3.72. The lowest BCUT2D eigenvalue weighted by Crippen LogP contribution is -2.48. The highest BCUT2D eigenvalue weighted by Crippen LogP contribution is 2.37. The van der Waals surface area contributed by atoms with Crippen LogP contribution in [0, 0.1) is 6.92 Å². The fourth-order valence-electron chi connectivity index (χ4n) is 1.52. The Kier molecular flexibility index (Phi) is 2.53. The lowest BCUT2D eigenvalue weighted by atomic mass is 9.88. The fraction of sp³-hybridized carbons (Fsp3) is 0.667. The van der Waals surface area contributed by atoms with E-state index in [1.54, 1.807) is 11.3 Å². The molecule has 0 unspecified atom stereocenters. The quantitative estimate of drug-likeness (QED) is 0.842. The molecule has 0 radical (unpaired) electrons. The van der Waals surface area contributed by atoms with Crippen LogP contribution in [0.15, 0.2) is 5.38 Å². The van der Waals surface area contributed by atoms with Gasteiger partial charge in [0.25, 0.3) is 5.92 Å². The normalized spacial score (nSPS) is 20.8. The zero-order valence-corrected chi connectivity index (χ0v) is 8.70. The third kappa shape index (κ3) is 2.27. The van der Waals surface area contributed by atoms with Crippen molar-refractivity contribution in [2.45, 2.75) is 38.3 Å². The van der Waals surface area contributed by atoms with E-state index in [9.17, 15) is 8.78 Å². The SMILES string of the molecule is Cc1csc(CNC2CC(F)(F)C2)n1. The maximum atomic E-state index is 12.5. The predicted octanol–water partition coefficient (Wildman–Crippen LogP) is 2.34. The van der Waals surface area contributed by atoms with Crippen molar-refractivity contribution in [2.24, 2.45) is 0 Å². The average molecular weight is 218 g/mol. The molecule has 78 valence electrons. The van der Waals surface area contributed by atoms with Crippen molar-refractivity contribution < 1.29 is 8.78 Å². The molecule has 1 aliphatic rings. The zero-order valence-electron chi connectivity index (χ0n) is 7.89. The van der Waals surface area contributed by atoms with Crippen molar-refractivity contribution in [2.75, 3.05) is 0 Å². The Morgan fingerprint density at radius 1 is 1.64 bits per heavy atom. The highest BCUT2D eigenvalue weighted by molar-refractivity contribution is 7.09. The molecular weight excluding hydrogens is 206 g/mol. The Morgan fingerprint density at radius 3 is 2.86 bits per heavy atom. The lowest BCUT2D eigenvalue weighted by Gasteiger charge is -2.35. The maximum Gasteiger partial charge on any atom is 0.251 e. The summed E-state index contributed by atoms with van der Waals surface area (Å²) < 4.78 is 24.9. The van der Waals surface area contributed by atoms with Crippen LogP contribution in [0.4, 0.5) is 8.78 Å². The van der Waals surface area contributed by atoms with Crippen LogP contribution in [0.3, 0.4) is 0 Å². The monoisotopic (exact) mass is 218 g/mol. The second kappa shape index (κ2) is 3.55. The second-order valence-corrected chi connectivity index (χ2v) is 4.67. The molecule has 5 heteroatoms. The molecule has 0 spiro atoms. The predicted molar refractivity (Wildman–Crippen MR) is 51.7 cm³/mol. The molecule has 0 atom stereocenters. The summed E-state index contributed by atoms with van der Waals surface area (Å²) in [5.74, 6) is -2.43. The smallest absolute Gasteiger partial charge is 0.251 e. The summed E-state index contributed by atoms with van der Waals surface area (Å²) in [6, 6.07) is -0.0331. The Hall–Kier alpha value is -0.550. The minimum atomic E-state index is -2.43. The summed E-state index contributed by atoms with van der Waals surface area (Å²) in [7, 11) is 0. The van der Waals surface area contributed by atoms with Gasteiger partial charge in [-0.05, 0) is 6.92 Å². The summed E-state index contributed by atoms with van der Waals surface area (Å²) in [6.07, 6.45) is -0.0608. The van der Waals surface area contributed by atoms with Gasteiger partial charge in [0, 0.05) is 36.5 Å². The Balaban J connectivity index is 1.74. The van der Waals surface area contributed by atoms with Gasteiger partial charge in [0.15, 0.2) is 0 Å². The van der Waals surface area contributed by atoms with Crippen LogP contribution < -0.4 is 5.32 Å². The van der Waals surface area contributed by atoms with Crippen LogP contribution in [0.5, 0.6) is 0 Å². The molecule has 0 aromatic carbocycles. The fourth-order valence-corrected chi connectivity index (χ4v) is 2.24. The first kappa shape index (κ1) is 9.98. The van der Waals surface area contributed by atoms with Gasteiger partial charge in [-0.3, -0.25) is 0 Å². The van der Waals surface area contributed by atoms with E-state index in [4.69, 9.17) is 0 Å². The van der Waals surface area contributed by atoms with Crippen molar-refractivity contribution in [3.8, 4) is 0 Å². The first-order valence-electron chi connectivity index (χ1n) is 4.57. The van der Waals surface area contributed by atoms with Crippen LogP contribution in [-0.2, 0) is 6.54 Å². The van der Waals surface area contributed by atoms with Gasteiger partial charge in [-0.15, -0.1) is 11.3 Å². The van der Waals surface area contributed by atoms with E-state index < -0.39 is 5.92 Å². The first-order valence-corrected chi connectivity index (χ1v) is 5.45. The molecule has 14 heavy (non-hydrogen) atoms. The summed E-state index contributed by atoms with van der Waals surface area (Å²) in [5, 5.41) is 6.01. The molecule has 0 aliphatic heterocycles. The number of nitrogens with zero attached hydrogens (tertiary/aromatic N) is 1. The van der Waals surface area contributed by atoms with Gasteiger partial charge < -0.3 is 5.32 Å². The van der Waals surface area contributed by atoms with E-state index in [-0.39, 0.29) is 18.9 Å². The summed E-state index contributed by atoms with van der Waals surface area (Å²) in [4.78, 5) is 4.25. The van der Waals surface area contributed by atoms with Gasteiger partial charge in [0.05, 0.1) is 0 Å². The summed E-state index contributed by atoms with van der Waals surface area (Å²) in [6.45, 7) is 2.54. The highest BCUT2D eigenvalue weighted by atomic mass is 32.1. The van der Waals surface area contributed by atoms with Crippen molar-refractivity contribution in [3.05, 3.63) is 16.1 Å². The van der Waals surface area contributed by atoms with Gasteiger partial charge in [0.1, 0.15) is 5.01 Å². The Bertz CT molecular complexity index is 316. The molecule has 1 aromatic heterocycles. The molecule has 2 nitrogen and oxygen atoms in total. The third-order valence-corrected chi connectivity index (χ3v) is 3.27. The largest absolute Gasteiger partial charge is 0.307 e. The van der Waals surface area contributed by atoms with Crippen molar-refractivity contribution in [3.63, 3.8) is 0 Å². The van der Waals surface area contributed by atoms with E-state index in [1.807, 2.05) is 12.3 Å². The van der Waals surface area contributed by atoms with Crippen LogP contribution in [-0.4, -0.2) is 16.9 Å². The molecule has 1 heterocycles. The molecule has 1 aliphatic carbocycles. The number of aromatic nitrogens is 1. The number of thiazole rings is 1. The summed E-state index contributed by atoms with van der Waals surface area (Å²) in [5.41, 5.74) is 0.991. The van der Waals surface area contributed by atoms with Crippen LogP contribution in [0.25, 0.3) is 0 Å². The number of hydrogen-bond acceptors (Lipinski definition) is 3. The van der Waals surface area contributed by atoms with Crippen molar-refractivity contribution >= 4 is 11.3 Å². The highest BCUT2D eigenvalue weighted by Gasteiger charge is 2.44. The van der Waals surface area contributed by atoms with Gasteiger partial charge in [-0.1, -0.05) is 0 Å². The number of halogens is 2. The third-order valence-electron chi connectivity index (χ3n) is 2.30. The number of nitrogens with one attached hydrogen (secondary N) is 1. The summed E-state index contributed by atoms with van der Waals surface area (Å²) >= 11 is 1.56. The van der Waals surface area contributed by atoms with Crippen molar-refractivity contribution in [1.82, 2.24) is 10.3 Å². The van der Waals surface area contributed by atoms with E-state index in [1.165, 1.54) is 0 Å². The average Bonchev–Trinajstić information content (AvgIpc) is 2.44. The maximum absolute atomic E-state index is 12.5. The van der Waals surface area contributed by atoms with Crippen LogP contribution in [0.2, 0.25) is 0 Å². The van der Waals surface area contributed by atoms with Crippen molar-refractivity contribution in [1.29, 1.82) is 0 Å². The van der Waals surface area contributed by atoms with E-state index in [0.717, 1.165) is 10.7 Å². The van der Waals surface area contributed by atoms with Gasteiger partial charge in [-0.25, -0.2) is 13.8 Å². The molecule has 1 N–H and O–H groups in total. The molecule has 1 aromatic rings. The molecule has 2 rings (SSSR count). The molecular formula is C9H12F2N2S. The van der Waals surface area contributed by atoms with E-state index >= 15 is 0 Å². The number of rotatable bonds is 3. The zero-order chi connectivity index (χ0) is 10.2. The molecule has 1 fully saturated rings. The van der Waals surface area contributed by atoms with Crippen LogP contribution >= 0.6 is 11.3 Å². The standard InChI is InChI=1S/C9H12F2N2S/c1-6-5-14-8(13-6)4-12-7-2-9(10,11)3-7/h5,7,12H,2-4H2,1H3. The topological polar surface area (TPSA) is 24.9 Å². The Labute approximate surface area is 85.4 Å². The molecule has 0 saturated heterocycles. The molecule has 0 amide bonds. The van der Waals surface area contributed by atoms with Crippen LogP contribution in [0.1, 0.15) is 23.5 Å².